The van der Waals surface area contributed by atoms with E-state index >= 15 is 0 Å². The molecule has 0 saturated carbocycles. The first-order chi connectivity index (χ1) is 8.27. The summed E-state index contributed by atoms with van der Waals surface area (Å²) in [6.07, 6.45) is 3.54. The minimum Gasteiger partial charge on any atom is -0.349 e. The maximum Gasteiger partial charge on any atom is 0.220 e. The highest BCUT2D eigenvalue weighted by atomic mass is 79.9. The zero-order chi connectivity index (χ0) is 12.5. The van der Waals surface area contributed by atoms with Gasteiger partial charge in [0.15, 0.2) is 0 Å². The van der Waals surface area contributed by atoms with Crippen LogP contribution in [0.4, 0.5) is 0 Å². The van der Waals surface area contributed by atoms with Gasteiger partial charge in [-0.3, -0.25) is 4.79 Å². The lowest BCUT2D eigenvalue weighted by Gasteiger charge is -2.17. The van der Waals surface area contributed by atoms with Gasteiger partial charge >= 0.3 is 0 Å². The Morgan fingerprint density at radius 3 is 2.59 bits per heavy atom. The minimum atomic E-state index is 0.146. The number of unbranched alkanes of at least 4 members (excludes halogenated alkanes) is 1. The molecule has 3 heteroatoms. The van der Waals surface area contributed by atoms with Gasteiger partial charge in [0.05, 0.1) is 6.04 Å². The topological polar surface area (TPSA) is 29.1 Å². The molecule has 0 bridgehead atoms. The van der Waals surface area contributed by atoms with Crippen molar-refractivity contribution in [3.63, 3.8) is 0 Å². The summed E-state index contributed by atoms with van der Waals surface area (Å²) in [5.74, 6) is 0.154. The summed E-state index contributed by atoms with van der Waals surface area (Å²) < 4.78 is 0. The van der Waals surface area contributed by atoms with Gasteiger partial charge in [-0.15, -0.1) is 0 Å². The first kappa shape index (κ1) is 14.2. The van der Waals surface area contributed by atoms with Crippen LogP contribution in [0.3, 0.4) is 0 Å². The van der Waals surface area contributed by atoms with Crippen LogP contribution in [0.25, 0.3) is 0 Å². The third-order valence-corrected chi connectivity index (χ3v) is 3.29. The number of benzene rings is 1. The van der Waals surface area contributed by atoms with E-state index in [4.69, 9.17) is 0 Å². The highest BCUT2D eigenvalue weighted by Crippen LogP contribution is 2.16. The van der Waals surface area contributed by atoms with Crippen LogP contribution >= 0.6 is 15.9 Å². The first-order valence-corrected chi connectivity index (χ1v) is 7.30. The molecule has 1 aromatic rings. The first-order valence-electron chi connectivity index (χ1n) is 6.18. The fourth-order valence-electron chi connectivity index (χ4n) is 1.75. The van der Waals surface area contributed by atoms with Crippen LogP contribution in [0, 0.1) is 0 Å². The standard InChI is InChI=1S/C14H20BrNO/c1-2-13(12-8-4-3-5-9-12)16-14(17)10-6-7-11-15/h3-5,8-9,13H,2,6-7,10-11H2,1H3,(H,16,17). The van der Waals surface area contributed by atoms with Crippen LogP contribution in [-0.2, 0) is 4.79 Å². The van der Waals surface area contributed by atoms with Gasteiger partial charge in [-0.25, -0.2) is 0 Å². The van der Waals surface area contributed by atoms with Crippen molar-refractivity contribution in [1.29, 1.82) is 0 Å². The number of hydrogen-bond donors (Lipinski definition) is 1. The van der Waals surface area contributed by atoms with Crippen molar-refractivity contribution < 1.29 is 4.79 Å². The highest BCUT2D eigenvalue weighted by molar-refractivity contribution is 9.09. The summed E-state index contributed by atoms with van der Waals surface area (Å²) >= 11 is 3.37. The number of nitrogens with one attached hydrogen (secondary N) is 1. The van der Waals surface area contributed by atoms with Crippen LogP contribution in [0.15, 0.2) is 30.3 Å². The van der Waals surface area contributed by atoms with Gasteiger partial charge in [0.2, 0.25) is 5.91 Å². The van der Waals surface area contributed by atoms with E-state index in [0.717, 1.165) is 24.6 Å². The zero-order valence-corrected chi connectivity index (χ0v) is 11.9. The van der Waals surface area contributed by atoms with Crippen molar-refractivity contribution >= 4 is 21.8 Å². The molecule has 0 radical (unpaired) electrons. The van der Waals surface area contributed by atoms with Crippen molar-refractivity contribution in [1.82, 2.24) is 5.32 Å². The zero-order valence-electron chi connectivity index (χ0n) is 10.3. The molecular weight excluding hydrogens is 278 g/mol. The van der Waals surface area contributed by atoms with E-state index in [-0.39, 0.29) is 11.9 Å². The number of alkyl halides is 1. The molecular formula is C14H20BrNO. The molecule has 94 valence electrons. The van der Waals surface area contributed by atoms with E-state index < -0.39 is 0 Å². The summed E-state index contributed by atoms with van der Waals surface area (Å²) in [7, 11) is 0. The van der Waals surface area contributed by atoms with Crippen molar-refractivity contribution in [2.75, 3.05) is 5.33 Å². The monoisotopic (exact) mass is 297 g/mol. The molecule has 17 heavy (non-hydrogen) atoms. The Balaban J connectivity index is 2.44. The second-order valence-electron chi connectivity index (χ2n) is 4.09. The molecule has 1 amide bonds. The molecule has 0 aliphatic carbocycles. The van der Waals surface area contributed by atoms with Gasteiger partial charge in [0.1, 0.15) is 0 Å². The molecule has 1 atom stereocenters. The van der Waals surface area contributed by atoms with Gasteiger partial charge in [-0.2, -0.15) is 0 Å². The van der Waals surface area contributed by atoms with Crippen molar-refractivity contribution in [2.45, 2.75) is 38.6 Å². The van der Waals surface area contributed by atoms with E-state index in [9.17, 15) is 4.79 Å². The molecule has 1 rings (SSSR count). The number of amides is 1. The van der Waals surface area contributed by atoms with E-state index in [1.165, 1.54) is 5.56 Å². The summed E-state index contributed by atoms with van der Waals surface area (Å²) in [5, 5.41) is 4.06. The van der Waals surface area contributed by atoms with Crippen LogP contribution in [-0.4, -0.2) is 11.2 Å². The maximum atomic E-state index is 11.7. The average Bonchev–Trinajstić information content (AvgIpc) is 2.37. The lowest BCUT2D eigenvalue weighted by Crippen LogP contribution is -2.27. The van der Waals surface area contributed by atoms with Crippen LogP contribution in [0.1, 0.15) is 44.2 Å². The summed E-state index contributed by atoms with van der Waals surface area (Å²) in [5.41, 5.74) is 1.18. The molecule has 0 aliphatic heterocycles. The van der Waals surface area contributed by atoms with Gasteiger partial charge in [-0.05, 0) is 24.8 Å². The van der Waals surface area contributed by atoms with Crippen LogP contribution in [0.5, 0.6) is 0 Å². The average molecular weight is 298 g/mol. The molecule has 0 heterocycles. The van der Waals surface area contributed by atoms with E-state index in [1.807, 2.05) is 18.2 Å². The Morgan fingerprint density at radius 2 is 2.00 bits per heavy atom. The Bertz CT molecular complexity index is 326. The Morgan fingerprint density at radius 1 is 1.29 bits per heavy atom. The molecule has 2 nitrogen and oxygen atoms in total. The summed E-state index contributed by atoms with van der Waals surface area (Å²) in [6.45, 7) is 2.09. The molecule has 0 spiro atoms. The lowest BCUT2D eigenvalue weighted by molar-refractivity contribution is -0.122. The fourth-order valence-corrected chi connectivity index (χ4v) is 2.15. The molecule has 0 fully saturated rings. The van der Waals surface area contributed by atoms with Crippen molar-refractivity contribution in [2.24, 2.45) is 0 Å². The minimum absolute atomic E-state index is 0.146. The van der Waals surface area contributed by atoms with Gasteiger partial charge < -0.3 is 5.32 Å². The molecule has 1 unspecified atom stereocenters. The SMILES string of the molecule is CCC(NC(=O)CCCCBr)c1ccccc1. The lowest BCUT2D eigenvalue weighted by atomic mass is 10.0. The van der Waals surface area contributed by atoms with E-state index in [0.29, 0.717) is 6.42 Å². The molecule has 0 aliphatic rings. The quantitative estimate of drug-likeness (QED) is 0.602. The third kappa shape index (κ3) is 5.35. The third-order valence-electron chi connectivity index (χ3n) is 2.73. The summed E-state index contributed by atoms with van der Waals surface area (Å²) in [4.78, 5) is 11.7. The Kier molecular flexibility index (Phi) is 6.94. The Hall–Kier alpha value is -0.830. The molecule has 0 saturated heterocycles. The molecule has 1 N–H and O–H groups in total. The number of carbonyl (C=O) groups excluding carboxylic acids is 1. The van der Waals surface area contributed by atoms with Crippen LogP contribution in [0.2, 0.25) is 0 Å². The van der Waals surface area contributed by atoms with E-state index in [1.54, 1.807) is 0 Å². The van der Waals surface area contributed by atoms with Crippen molar-refractivity contribution in [3.8, 4) is 0 Å². The number of rotatable bonds is 7. The number of carbonyl (C=O) groups is 1. The highest BCUT2D eigenvalue weighted by Gasteiger charge is 2.11. The molecule has 1 aromatic carbocycles. The number of halogens is 1. The van der Waals surface area contributed by atoms with Crippen molar-refractivity contribution in [3.05, 3.63) is 35.9 Å². The largest absolute Gasteiger partial charge is 0.349 e. The van der Waals surface area contributed by atoms with Gasteiger partial charge in [0, 0.05) is 11.8 Å². The maximum absolute atomic E-state index is 11.7. The predicted molar refractivity (Wildman–Crippen MR) is 75.3 cm³/mol. The second-order valence-corrected chi connectivity index (χ2v) is 4.88. The van der Waals surface area contributed by atoms with E-state index in [2.05, 4.69) is 40.3 Å². The second kappa shape index (κ2) is 8.29. The van der Waals surface area contributed by atoms with Gasteiger partial charge in [0.25, 0.3) is 0 Å². The predicted octanol–water partition coefficient (Wildman–Crippen LogP) is 3.82. The van der Waals surface area contributed by atoms with Gasteiger partial charge in [-0.1, -0.05) is 53.2 Å². The molecule has 0 aromatic heterocycles. The number of hydrogen-bond acceptors (Lipinski definition) is 1. The summed E-state index contributed by atoms with van der Waals surface area (Å²) in [6, 6.07) is 10.3. The Labute approximate surface area is 112 Å². The normalized spacial score (nSPS) is 12.1. The fraction of sp³-hybridized carbons (Fsp3) is 0.500. The van der Waals surface area contributed by atoms with Crippen LogP contribution < -0.4 is 5.32 Å². The smallest absolute Gasteiger partial charge is 0.220 e.